The molecule has 1 heterocycles. The number of fused-ring (bicyclic) bond motifs is 1. The van der Waals surface area contributed by atoms with Crippen LogP contribution in [0.4, 0.5) is 0 Å². The van der Waals surface area contributed by atoms with Gasteiger partial charge in [-0.05, 0) is 48.5 Å². The van der Waals surface area contributed by atoms with E-state index in [9.17, 15) is 4.79 Å². The van der Waals surface area contributed by atoms with E-state index in [0.29, 0.717) is 6.42 Å². The largest absolute Gasteiger partial charge is 0.359 e. The number of hydrogen-bond donors (Lipinski definition) is 2. The molecule has 0 fully saturated rings. The topological polar surface area (TPSA) is 46.1 Å². The smallest absolute Gasteiger partial charge is 0.219 e. The molecule has 0 radical (unpaired) electrons. The third-order valence-corrected chi connectivity index (χ3v) is 3.67. The number of carbonyl (C=O) groups is 1. The predicted octanol–water partition coefficient (Wildman–Crippen LogP) is 2.67. The van der Waals surface area contributed by atoms with Crippen LogP contribution in [0.25, 0.3) is 10.9 Å². The molecule has 1 aromatic carbocycles. The van der Waals surface area contributed by atoms with Crippen LogP contribution < -0.4 is 10.6 Å². The van der Waals surface area contributed by atoms with Gasteiger partial charge in [-0.15, -0.1) is 0 Å². The average Bonchev–Trinajstić information content (AvgIpc) is 2.90. The summed E-state index contributed by atoms with van der Waals surface area (Å²) in [5, 5.41) is 7.35. The molecule has 0 atom stereocenters. The summed E-state index contributed by atoms with van der Waals surface area (Å²) in [5.41, 5.74) is 2.56. The SMILES string of the molecule is CCCNCc1ccc2c(ccn2CCCC(=O)NC)c1. The Bertz CT molecular complexity index is 589. The van der Waals surface area contributed by atoms with Crippen LogP contribution in [-0.2, 0) is 17.9 Å². The van der Waals surface area contributed by atoms with E-state index in [1.54, 1.807) is 7.05 Å². The lowest BCUT2D eigenvalue weighted by molar-refractivity contribution is -0.120. The average molecular weight is 287 g/mol. The second-order valence-electron chi connectivity index (χ2n) is 5.36. The second kappa shape index (κ2) is 7.84. The van der Waals surface area contributed by atoms with Gasteiger partial charge in [-0.3, -0.25) is 4.79 Å². The maximum Gasteiger partial charge on any atom is 0.219 e. The first kappa shape index (κ1) is 15.6. The van der Waals surface area contributed by atoms with Gasteiger partial charge in [0.2, 0.25) is 5.91 Å². The molecule has 1 amide bonds. The van der Waals surface area contributed by atoms with Crippen LogP contribution in [-0.4, -0.2) is 24.1 Å². The van der Waals surface area contributed by atoms with E-state index in [-0.39, 0.29) is 5.91 Å². The Morgan fingerprint density at radius 2 is 2.14 bits per heavy atom. The second-order valence-corrected chi connectivity index (χ2v) is 5.36. The van der Waals surface area contributed by atoms with Gasteiger partial charge in [0.15, 0.2) is 0 Å². The summed E-state index contributed by atoms with van der Waals surface area (Å²) in [6.45, 7) is 5.03. The molecule has 1 aromatic heterocycles. The maximum atomic E-state index is 11.2. The van der Waals surface area contributed by atoms with Crippen LogP contribution >= 0.6 is 0 Å². The van der Waals surface area contributed by atoms with Crippen molar-refractivity contribution in [1.29, 1.82) is 0 Å². The lowest BCUT2D eigenvalue weighted by Gasteiger charge is -2.07. The normalized spacial score (nSPS) is 11.0. The standard InChI is InChI=1S/C17H25N3O/c1-3-9-19-13-14-6-7-16-15(12-14)8-11-20(16)10-4-5-17(21)18-2/h6-8,11-12,19H,3-5,9-10,13H2,1-2H3,(H,18,21). The zero-order valence-corrected chi connectivity index (χ0v) is 13.0. The van der Waals surface area contributed by atoms with Crippen LogP contribution in [0.1, 0.15) is 31.7 Å². The van der Waals surface area contributed by atoms with Gasteiger partial charge in [-0.1, -0.05) is 13.0 Å². The summed E-state index contributed by atoms with van der Waals surface area (Å²) in [6, 6.07) is 8.75. The van der Waals surface area contributed by atoms with Gasteiger partial charge in [0.25, 0.3) is 0 Å². The van der Waals surface area contributed by atoms with E-state index in [1.165, 1.54) is 16.5 Å². The predicted molar refractivity (Wildman–Crippen MR) is 87.2 cm³/mol. The summed E-state index contributed by atoms with van der Waals surface area (Å²) >= 11 is 0. The van der Waals surface area contributed by atoms with Crippen LogP contribution in [0.15, 0.2) is 30.5 Å². The number of aryl methyl sites for hydroxylation is 1. The van der Waals surface area contributed by atoms with E-state index < -0.39 is 0 Å². The zero-order chi connectivity index (χ0) is 15.1. The minimum absolute atomic E-state index is 0.107. The van der Waals surface area contributed by atoms with Crippen molar-refractivity contribution in [3.63, 3.8) is 0 Å². The molecule has 0 bridgehead atoms. The zero-order valence-electron chi connectivity index (χ0n) is 13.0. The Labute approximate surface area is 126 Å². The summed E-state index contributed by atoms with van der Waals surface area (Å²) in [5.74, 6) is 0.107. The molecule has 0 aliphatic rings. The quantitative estimate of drug-likeness (QED) is 0.733. The third-order valence-electron chi connectivity index (χ3n) is 3.67. The third kappa shape index (κ3) is 4.33. The molecule has 0 aliphatic heterocycles. The van der Waals surface area contributed by atoms with Crippen molar-refractivity contribution in [2.24, 2.45) is 0 Å². The molecule has 0 saturated heterocycles. The van der Waals surface area contributed by atoms with Gasteiger partial charge in [0.05, 0.1) is 0 Å². The number of aromatic nitrogens is 1. The van der Waals surface area contributed by atoms with Crippen LogP contribution in [0.5, 0.6) is 0 Å². The molecule has 21 heavy (non-hydrogen) atoms. The van der Waals surface area contributed by atoms with Crippen molar-refractivity contribution < 1.29 is 4.79 Å². The summed E-state index contributed by atoms with van der Waals surface area (Å²) < 4.78 is 2.22. The highest BCUT2D eigenvalue weighted by Gasteiger charge is 2.03. The lowest BCUT2D eigenvalue weighted by atomic mass is 10.1. The number of carbonyl (C=O) groups excluding carboxylic acids is 1. The van der Waals surface area contributed by atoms with E-state index in [1.807, 2.05) is 0 Å². The van der Waals surface area contributed by atoms with Crippen molar-refractivity contribution in [3.05, 3.63) is 36.0 Å². The molecule has 114 valence electrons. The van der Waals surface area contributed by atoms with E-state index >= 15 is 0 Å². The van der Waals surface area contributed by atoms with Crippen molar-refractivity contribution in [2.45, 2.75) is 39.3 Å². The highest BCUT2D eigenvalue weighted by atomic mass is 16.1. The molecule has 0 aliphatic carbocycles. The monoisotopic (exact) mass is 287 g/mol. The van der Waals surface area contributed by atoms with Crippen LogP contribution in [0.3, 0.4) is 0 Å². The maximum absolute atomic E-state index is 11.2. The van der Waals surface area contributed by atoms with Crippen molar-refractivity contribution >= 4 is 16.8 Å². The first-order valence-corrected chi connectivity index (χ1v) is 7.73. The van der Waals surface area contributed by atoms with Crippen LogP contribution in [0.2, 0.25) is 0 Å². The summed E-state index contributed by atoms with van der Waals surface area (Å²) in [7, 11) is 1.68. The Hall–Kier alpha value is -1.81. The minimum Gasteiger partial charge on any atom is -0.359 e. The van der Waals surface area contributed by atoms with E-state index in [4.69, 9.17) is 0 Å². The van der Waals surface area contributed by atoms with Crippen molar-refractivity contribution in [1.82, 2.24) is 15.2 Å². The number of rotatable bonds is 8. The Balaban J connectivity index is 1.98. The molecule has 2 N–H and O–H groups in total. The Kier molecular flexibility index (Phi) is 5.81. The van der Waals surface area contributed by atoms with Crippen LogP contribution in [0, 0.1) is 0 Å². The van der Waals surface area contributed by atoms with E-state index in [2.05, 4.69) is 52.6 Å². The minimum atomic E-state index is 0.107. The summed E-state index contributed by atoms with van der Waals surface area (Å²) in [6.07, 6.45) is 4.71. The Morgan fingerprint density at radius 3 is 2.90 bits per heavy atom. The van der Waals surface area contributed by atoms with Gasteiger partial charge >= 0.3 is 0 Å². The number of benzene rings is 1. The molecule has 2 rings (SSSR count). The van der Waals surface area contributed by atoms with E-state index in [0.717, 1.165) is 32.5 Å². The fourth-order valence-corrected chi connectivity index (χ4v) is 2.50. The van der Waals surface area contributed by atoms with Gasteiger partial charge < -0.3 is 15.2 Å². The first-order valence-electron chi connectivity index (χ1n) is 7.73. The summed E-state index contributed by atoms with van der Waals surface area (Å²) in [4.78, 5) is 11.2. The van der Waals surface area contributed by atoms with Gasteiger partial charge in [0.1, 0.15) is 0 Å². The van der Waals surface area contributed by atoms with Gasteiger partial charge in [0, 0.05) is 38.3 Å². The van der Waals surface area contributed by atoms with Gasteiger partial charge in [-0.2, -0.15) is 0 Å². The highest BCUT2D eigenvalue weighted by molar-refractivity contribution is 5.81. The number of hydrogen-bond acceptors (Lipinski definition) is 2. The fourth-order valence-electron chi connectivity index (χ4n) is 2.50. The number of amides is 1. The highest BCUT2D eigenvalue weighted by Crippen LogP contribution is 2.18. The molecule has 0 spiro atoms. The number of nitrogens with one attached hydrogen (secondary N) is 2. The molecule has 4 heteroatoms. The van der Waals surface area contributed by atoms with Crippen molar-refractivity contribution in [3.8, 4) is 0 Å². The fraction of sp³-hybridized carbons (Fsp3) is 0.471. The molecular weight excluding hydrogens is 262 g/mol. The molecular formula is C17H25N3O. The van der Waals surface area contributed by atoms with Crippen molar-refractivity contribution in [2.75, 3.05) is 13.6 Å². The first-order chi connectivity index (χ1) is 10.2. The molecule has 2 aromatic rings. The Morgan fingerprint density at radius 1 is 1.29 bits per heavy atom. The molecule has 0 unspecified atom stereocenters. The molecule has 0 saturated carbocycles. The number of nitrogens with zero attached hydrogens (tertiary/aromatic N) is 1. The lowest BCUT2D eigenvalue weighted by Crippen LogP contribution is -2.17. The molecule has 4 nitrogen and oxygen atoms in total. The van der Waals surface area contributed by atoms with Gasteiger partial charge in [-0.25, -0.2) is 0 Å².